The van der Waals surface area contributed by atoms with Gasteiger partial charge in [0.15, 0.2) is 0 Å². The second-order valence-corrected chi connectivity index (χ2v) is 4.84. The molecule has 2 saturated heterocycles. The van der Waals surface area contributed by atoms with E-state index >= 15 is 0 Å². The quantitative estimate of drug-likeness (QED) is 0.648. The van der Waals surface area contributed by atoms with Crippen LogP contribution in [-0.2, 0) is 0 Å². The van der Waals surface area contributed by atoms with E-state index in [9.17, 15) is 0 Å². The second kappa shape index (κ2) is 4.13. The Labute approximate surface area is 92.4 Å². The summed E-state index contributed by atoms with van der Waals surface area (Å²) in [7, 11) is 0. The molecule has 2 fully saturated rings. The minimum absolute atomic E-state index is 0.0717. The molecular formula is C12H21N3. The maximum absolute atomic E-state index is 5.97. The summed E-state index contributed by atoms with van der Waals surface area (Å²) in [6, 6.07) is 0.729. The molecule has 0 amide bonds. The predicted molar refractivity (Wildman–Crippen MR) is 62.4 cm³/mol. The van der Waals surface area contributed by atoms with Crippen LogP contribution in [0.2, 0.25) is 0 Å². The van der Waals surface area contributed by atoms with E-state index in [2.05, 4.69) is 16.1 Å². The van der Waals surface area contributed by atoms with E-state index in [1.165, 1.54) is 25.9 Å². The molecule has 84 valence electrons. The summed E-state index contributed by atoms with van der Waals surface area (Å²) in [6.07, 6.45) is 9.14. The molecule has 0 spiro atoms. The van der Waals surface area contributed by atoms with Gasteiger partial charge in [0.1, 0.15) is 0 Å². The SMILES string of the molecule is C#CC(C)NC1(CN)CCN2CCCC21. The zero-order valence-electron chi connectivity index (χ0n) is 9.50. The lowest BCUT2D eigenvalue weighted by Gasteiger charge is -2.36. The van der Waals surface area contributed by atoms with Crippen molar-refractivity contribution in [3.8, 4) is 12.3 Å². The number of hydrogen-bond acceptors (Lipinski definition) is 3. The average Bonchev–Trinajstić information content (AvgIpc) is 2.82. The van der Waals surface area contributed by atoms with Gasteiger partial charge in [-0.3, -0.25) is 10.2 Å². The Morgan fingerprint density at radius 1 is 1.67 bits per heavy atom. The van der Waals surface area contributed by atoms with Crippen molar-refractivity contribution in [2.75, 3.05) is 19.6 Å². The summed E-state index contributed by atoms with van der Waals surface area (Å²) in [4.78, 5) is 2.56. The zero-order valence-corrected chi connectivity index (χ0v) is 9.50. The molecule has 0 aromatic rings. The summed E-state index contributed by atoms with van der Waals surface area (Å²) in [5.41, 5.74) is 6.04. The van der Waals surface area contributed by atoms with Crippen LogP contribution in [0.15, 0.2) is 0 Å². The molecule has 0 aromatic heterocycles. The zero-order chi connectivity index (χ0) is 10.9. The molecule has 3 nitrogen and oxygen atoms in total. The minimum atomic E-state index is 0.0717. The molecule has 15 heavy (non-hydrogen) atoms. The predicted octanol–water partition coefficient (Wildman–Crippen LogP) is 0.163. The first-order valence-corrected chi connectivity index (χ1v) is 5.90. The van der Waals surface area contributed by atoms with Crippen LogP contribution in [0.5, 0.6) is 0 Å². The van der Waals surface area contributed by atoms with Gasteiger partial charge in [0.05, 0.1) is 6.04 Å². The van der Waals surface area contributed by atoms with Crippen molar-refractivity contribution in [3.63, 3.8) is 0 Å². The van der Waals surface area contributed by atoms with E-state index in [-0.39, 0.29) is 11.6 Å². The molecule has 3 N–H and O–H groups in total. The summed E-state index contributed by atoms with van der Waals surface area (Å²) in [5.74, 6) is 2.75. The smallest absolute Gasteiger partial charge is 0.0663 e. The molecule has 3 unspecified atom stereocenters. The number of nitrogens with two attached hydrogens (primary N) is 1. The highest BCUT2D eigenvalue weighted by Gasteiger charge is 2.48. The fourth-order valence-electron chi connectivity index (χ4n) is 3.17. The van der Waals surface area contributed by atoms with Gasteiger partial charge in [0.25, 0.3) is 0 Å². The van der Waals surface area contributed by atoms with E-state index in [4.69, 9.17) is 12.2 Å². The van der Waals surface area contributed by atoms with Crippen LogP contribution in [0, 0.1) is 12.3 Å². The van der Waals surface area contributed by atoms with E-state index in [0.717, 1.165) is 6.42 Å². The topological polar surface area (TPSA) is 41.3 Å². The number of nitrogens with zero attached hydrogens (tertiary/aromatic N) is 1. The Kier molecular flexibility index (Phi) is 3.01. The van der Waals surface area contributed by atoms with Crippen molar-refractivity contribution in [1.82, 2.24) is 10.2 Å². The van der Waals surface area contributed by atoms with Crippen LogP contribution >= 0.6 is 0 Å². The molecule has 2 aliphatic heterocycles. The van der Waals surface area contributed by atoms with E-state index in [1.54, 1.807) is 0 Å². The molecule has 2 rings (SSSR count). The first kappa shape index (κ1) is 10.9. The van der Waals surface area contributed by atoms with Crippen LogP contribution < -0.4 is 11.1 Å². The van der Waals surface area contributed by atoms with Gasteiger partial charge in [-0.05, 0) is 32.7 Å². The lowest BCUT2D eigenvalue weighted by molar-refractivity contribution is 0.223. The fourth-order valence-corrected chi connectivity index (χ4v) is 3.17. The Balaban J connectivity index is 2.11. The molecule has 0 aliphatic carbocycles. The van der Waals surface area contributed by atoms with Crippen molar-refractivity contribution >= 4 is 0 Å². The largest absolute Gasteiger partial charge is 0.329 e. The van der Waals surface area contributed by atoms with Crippen LogP contribution in [0.25, 0.3) is 0 Å². The minimum Gasteiger partial charge on any atom is -0.329 e. The highest BCUT2D eigenvalue weighted by molar-refractivity contribution is 5.12. The maximum atomic E-state index is 5.97. The van der Waals surface area contributed by atoms with Crippen molar-refractivity contribution < 1.29 is 0 Å². The number of nitrogens with one attached hydrogen (secondary N) is 1. The summed E-state index contributed by atoms with van der Waals surface area (Å²) >= 11 is 0. The first-order valence-electron chi connectivity index (χ1n) is 5.90. The molecule has 0 bridgehead atoms. The van der Waals surface area contributed by atoms with Gasteiger partial charge < -0.3 is 5.73 Å². The highest BCUT2D eigenvalue weighted by atomic mass is 15.3. The second-order valence-electron chi connectivity index (χ2n) is 4.84. The first-order chi connectivity index (χ1) is 7.22. The van der Waals surface area contributed by atoms with Gasteiger partial charge in [-0.2, -0.15) is 0 Å². The number of terminal acetylenes is 1. The highest BCUT2D eigenvalue weighted by Crippen LogP contribution is 2.35. The molecule has 0 aromatic carbocycles. The van der Waals surface area contributed by atoms with Crippen LogP contribution in [-0.4, -0.2) is 42.2 Å². The van der Waals surface area contributed by atoms with Gasteiger partial charge in [0, 0.05) is 24.7 Å². The van der Waals surface area contributed by atoms with Gasteiger partial charge >= 0.3 is 0 Å². The average molecular weight is 207 g/mol. The van der Waals surface area contributed by atoms with Crippen LogP contribution in [0.1, 0.15) is 26.2 Å². The Hall–Kier alpha value is -0.560. The normalized spacial score (nSPS) is 37.5. The Morgan fingerprint density at radius 3 is 3.13 bits per heavy atom. The monoisotopic (exact) mass is 207 g/mol. The summed E-state index contributed by atoms with van der Waals surface area (Å²) in [6.45, 7) is 5.14. The van der Waals surface area contributed by atoms with E-state index in [0.29, 0.717) is 12.6 Å². The lowest BCUT2D eigenvalue weighted by atomic mass is 9.88. The van der Waals surface area contributed by atoms with Crippen LogP contribution in [0.4, 0.5) is 0 Å². The summed E-state index contributed by atoms with van der Waals surface area (Å²) in [5, 5.41) is 3.56. The van der Waals surface area contributed by atoms with E-state index < -0.39 is 0 Å². The van der Waals surface area contributed by atoms with Crippen LogP contribution in [0.3, 0.4) is 0 Å². The van der Waals surface area contributed by atoms with Gasteiger partial charge in [-0.25, -0.2) is 0 Å². The molecule has 2 heterocycles. The molecule has 0 saturated carbocycles. The maximum Gasteiger partial charge on any atom is 0.0663 e. The summed E-state index contributed by atoms with van der Waals surface area (Å²) < 4.78 is 0. The van der Waals surface area contributed by atoms with Gasteiger partial charge in [0.2, 0.25) is 0 Å². The molecule has 0 radical (unpaired) electrons. The molecular weight excluding hydrogens is 186 g/mol. The van der Waals surface area contributed by atoms with Gasteiger partial charge in [-0.1, -0.05) is 5.92 Å². The van der Waals surface area contributed by atoms with Crippen molar-refractivity contribution in [2.45, 2.75) is 43.8 Å². The number of fused-ring (bicyclic) bond motifs is 1. The third-order valence-electron chi connectivity index (χ3n) is 3.96. The Bertz CT molecular complexity index is 271. The molecule has 2 aliphatic rings. The standard InChI is InChI=1S/C12H21N3/c1-3-10(2)14-12(9-13)6-8-15-7-4-5-11(12)15/h1,10-11,14H,4-9,13H2,2H3. The third kappa shape index (κ3) is 1.78. The van der Waals surface area contributed by atoms with Crippen molar-refractivity contribution in [2.24, 2.45) is 5.73 Å². The Morgan fingerprint density at radius 2 is 2.47 bits per heavy atom. The third-order valence-corrected chi connectivity index (χ3v) is 3.96. The molecule has 3 heteroatoms. The molecule has 3 atom stereocenters. The van der Waals surface area contributed by atoms with E-state index in [1.807, 2.05) is 6.92 Å². The van der Waals surface area contributed by atoms with Crippen molar-refractivity contribution in [1.29, 1.82) is 0 Å². The number of hydrogen-bond donors (Lipinski definition) is 2. The van der Waals surface area contributed by atoms with Gasteiger partial charge in [-0.15, -0.1) is 6.42 Å². The number of rotatable bonds is 3. The lowest BCUT2D eigenvalue weighted by Crippen LogP contribution is -2.60. The van der Waals surface area contributed by atoms with Crippen molar-refractivity contribution in [3.05, 3.63) is 0 Å². The fraction of sp³-hybridized carbons (Fsp3) is 0.833.